The second kappa shape index (κ2) is 3.72. The molecule has 0 spiro atoms. The minimum Gasteiger partial charge on any atom is -0.386 e. The van der Waals surface area contributed by atoms with Crippen molar-refractivity contribution in [1.29, 1.82) is 0 Å². The normalized spacial score (nSPS) is 17.8. The lowest BCUT2D eigenvalue weighted by Crippen LogP contribution is -2.14. The van der Waals surface area contributed by atoms with Gasteiger partial charge in [0.1, 0.15) is 0 Å². The third kappa shape index (κ3) is 3.11. The number of allylic oxidation sites excluding steroid dienone is 5. The van der Waals surface area contributed by atoms with Crippen molar-refractivity contribution in [2.75, 3.05) is 0 Å². The zero-order valence-electron chi connectivity index (χ0n) is 8.15. The van der Waals surface area contributed by atoms with Crippen molar-refractivity contribution in [1.82, 2.24) is 0 Å². The molecule has 0 amide bonds. The van der Waals surface area contributed by atoms with Gasteiger partial charge in [0.2, 0.25) is 0 Å². The number of rotatable bonds is 2. The number of hydrogen-bond donors (Lipinski definition) is 1. The first kappa shape index (κ1) is 10.6. The summed E-state index contributed by atoms with van der Waals surface area (Å²) in [5, 5.41) is 9.37. The molecule has 0 aliphatic heterocycles. The third-order valence-electron chi connectivity index (χ3n) is 1.65. The quantitative estimate of drug-likeness (QED) is 0.663. The van der Waals surface area contributed by atoms with Crippen LogP contribution in [0, 0.1) is 0 Å². The van der Waals surface area contributed by atoms with Crippen LogP contribution in [0.3, 0.4) is 0 Å². The van der Waals surface area contributed by atoms with Gasteiger partial charge < -0.3 is 5.11 Å². The molecule has 1 aliphatic rings. The number of carbonyl (C=O) groups is 2. The molecule has 74 valence electrons. The molecule has 0 fully saturated rings. The third-order valence-corrected chi connectivity index (χ3v) is 1.65. The van der Waals surface area contributed by atoms with Gasteiger partial charge in [0.15, 0.2) is 11.6 Å². The summed E-state index contributed by atoms with van der Waals surface area (Å²) in [5.41, 5.74) is -0.676. The van der Waals surface area contributed by atoms with Gasteiger partial charge in [0, 0.05) is 5.57 Å². The Kier molecular flexibility index (Phi) is 2.81. The van der Waals surface area contributed by atoms with Gasteiger partial charge >= 0.3 is 0 Å². The SMILES string of the molecule is CC(C)(O)C=CC1=CC(=O)C=CC1=O. The zero-order chi connectivity index (χ0) is 10.8. The highest BCUT2D eigenvalue weighted by molar-refractivity contribution is 6.18. The summed E-state index contributed by atoms with van der Waals surface area (Å²) in [6.07, 6.45) is 6.65. The molecule has 14 heavy (non-hydrogen) atoms. The van der Waals surface area contributed by atoms with E-state index in [9.17, 15) is 14.7 Å². The highest BCUT2D eigenvalue weighted by atomic mass is 16.3. The van der Waals surface area contributed by atoms with E-state index in [1.165, 1.54) is 30.4 Å². The van der Waals surface area contributed by atoms with Crippen molar-refractivity contribution in [3.05, 3.63) is 36.0 Å². The van der Waals surface area contributed by atoms with Crippen LogP contribution in [0.1, 0.15) is 13.8 Å². The molecule has 1 N–H and O–H groups in total. The average molecular weight is 192 g/mol. The molecule has 0 saturated heterocycles. The van der Waals surface area contributed by atoms with Crippen LogP contribution in [-0.4, -0.2) is 22.3 Å². The first-order valence-electron chi connectivity index (χ1n) is 4.28. The van der Waals surface area contributed by atoms with Crippen molar-refractivity contribution in [2.24, 2.45) is 0 Å². The summed E-state index contributed by atoms with van der Waals surface area (Å²) >= 11 is 0. The Labute approximate surface area is 82.4 Å². The number of aliphatic hydroxyl groups is 1. The minimum atomic E-state index is -0.981. The van der Waals surface area contributed by atoms with E-state index in [0.29, 0.717) is 5.57 Å². The van der Waals surface area contributed by atoms with E-state index in [1.807, 2.05) is 0 Å². The molecule has 0 radical (unpaired) electrons. The van der Waals surface area contributed by atoms with Gasteiger partial charge in [-0.15, -0.1) is 0 Å². The Morgan fingerprint density at radius 3 is 2.50 bits per heavy atom. The first-order valence-corrected chi connectivity index (χ1v) is 4.28. The fraction of sp³-hybridized carbons (Fsp3) is 0.273. The maximum atomic E-state index is 11.2. The van der Waals surface area contributed by atoms with Crippen molar-refractivity contribution < 1.29 is 14.7 Å². The summed E-state index contributed by atoms with van der Waals surface area (Å²) in [7, 11) is 0. The fourth-order valence-corrected chi connectivity index (χ4v) is 0.951. The van der Waals surface area contributed by atoms with Gasteiger partial charge in [-0.2, -0.15) is 0 Å². The predicted octanol–water partition coefficient (Wildman–Crippen LogP) is 0.948. The maximum Gasteiger partial charge on any atom is 0.186 e. The van der Waals surface area contributed by atoms with E-state index in [-0.39, 0.29) is 11.6 Å². The summed E-state index contributed by atoms with van der Waals surface area (Å²) in [6, 6.07) is 0. The van der Waals surface area contributed by atoms with E-state index in [4.69, 9.17) is 0 Å². The van der Waals surface area contributed by atoms with Crippen LogP contribution in [-0.2, 0) is 9.59 Å². The Hall–Kier alpha value is -1.48. The first-order chi connectivity index (χ1) is 6.38. The predicted molar refractivity (Wildman–Crippen MR) is 52.7 cm³/mol. The molecule has 0 aromatic rings. The van der Waals surface area contributed by atoms with Gasteiger partial charge in [-0.1, -0.05) is 12.2 Å². The average Bonchev–Trinajstić information content (AvgIpc) is 2.05. The Balaban J connectivity index is 2.84. The summed E-state index contributed by atoms with van der Waals surface area (Å²) in [4.78, 5) is 22.1. The smallest absolute Gasteiger partial charge is 0.186 e. The highest BCUT2D eigenvalue weighted by Gasteiger charge is 2.12. The van der Waals surface area contributed by atoms with Gasteiger partial charge in [-0.25, -0.2) is 0 Å². The monoisotopic (exact) mass is 192 g/mol. The summed E-state index contributed by atoms with van der Waals surface area (Å²) < 4.78 is 0. The van der Waals surface area contributed by atoms with E-state index < -0.39 is 5.60 Å². The van der Waals surface area contributed by atoms with Crippen LogP contribution in [0.5, 0.6) is 0 Å². The molecule has 3 nitrogen and oxygen atoms in total. The lowest BCUT2D eigenvalue weighted by atomic mass is 10.0. The second-order valence-electron chi connectivity index (χ2n) is 3.69. The van der Waals surface area contributed by atoms with Crippen molar-refractivity contribution in [2.45, 2.75) is 19.4 Å². The van der Waals surface area contributed by atoms with Crippen LogP contribution >= 0.6 is 0 Å². The molecule has 1 rings (SSSR count). The molecule has 0 aromatic heterocycles. The summed E-state index contributed by atoms with van der Waals surface area (Å²) in [6.45, 7) is 3.18. The topological polar surface area (TPSA) is 54.4 Å². The number of hydrogen-bond acceptors (Lipinski definition) is 3. The molecule has 0 aromatic carbocycles. The van der Waals surface area contributed by atoms with Gasteiger partial charge in [-0.05, 0) is 32.1 Å². The van der Waals surface area contributed by atoms with Crippen LogP contribution < -0.4 is 0 Å². The van der Waals surface area contributed by atoms with Gasteiger partial charge in [-0.3, -0.25) is 9.59 Å². The molecule has 0 bridgehead atoms. The second-order valence-corrected chi connectivity index (χ2v) is 3.69. The Bertz CT molecular complexity index is 351. The van der Waals surface area contributed by atoms with Crippen LogP contribution in [0.25, 0.3) is 0 Å². The largest absolute Gasteiger partial charge is 0.386 e. The maximum absolute atomic E-state index is 11.2. The fourth-order valence-electron chi connectivity index (χ4n) is 0.951. The molecule has 0 atom stereocenters. The van der Waals surface area contributed by atoms with Crippen LogP contribution in [0.4, 0.5) is 0 Å². The Morgan fingerprint density at radius 2 is 1.93 bits per heavy atom. The van der Waals surface area contributed by atoms with Crippen LogP contribution in [0.2, 0.25) is 0 Å². The molecule has 0 unspecified atom stereocenters. The summed E-state index contributed by atoms with van der Waals surface area (Å²) in [5.74, 6) is -0.426. The highest BCUT2D eigenvalue weighted by Crippen LogP contribution is 2.10. The molecular formula is C11H12O3. The molecule has 1 aliphatic carbocycles. The van der Waals surface area contributed by atoms with E-state index in [2.05, 4.69) is 0 Å². The van der Waals surface area contributed by atoms with Gasteiger partial charge in [0.25, 0.3) is 0 Å². The van der Waals surface area contributed by atoms with Crippen LogP contribution in [0.15, 0.2) is 36.0 Å². The molecule has 3 heteroatoms. The van der Waals surface area contributed by atoms with E-state index in [1.54, 1.807) is 13.8 Å². The lowest BCUT2D eigenvalue weighted by Gasteiger charge is -2.10. The Morgan fingerprint density at radius 1 is 1.29 bits per heavy atom. The minimum absolute atomic E-state index is 0.208. The zero-order valence-corrected chi connectivity index (χ0v) is 8.15. The molecule has 0 heterocycles. The van der Waals surface area contributed by atoms with Crippen molar-refractivity contribution in [3.8, 4) is 0 Å². The van der Waals surface area contributed by atoms with E-state index >= 15 is 0 Å². The standard InChI is InChI=1S/C11H12O3/c1-11(2,14)6-5-8-7-9(12)3-4-10(8)13/h3-7,14H,1-2H3. The van der Waals surface area contributed by atoms with Gasteiger partial charge in [0.05, 0.1) is 5.60 Å². The number of ketones is 2. The van der Waals surface area contributed by atoms with Crippen molar-refractivity contribution in [3.63, 3.8) is 0 Å². The lowest BCUT2D eigenvalue weighted by molar-refractivity contribution is -0.114. The van der Waals surface area contributed by atoms with Crippen molar-refractivity contribution >= 4 is 11.6 Å². The molecular weight excluding hydrogens is 180 g/mol. The number of carbonyl (C=O) groups excluding carboxylic acids is 2. The van der Waals surface area contributed by atoms with E-state index in [0.717, 1.165) is 0 Å². The molecule has 0 saturated carbocycles.